The van der Waals surface area contributed by atoms with Gasteiger partial charge in [0, 0.05) is 18.2 Å². The van der Waals surface area contributed by atoms with Crippen LogP contribution in [-0.4, -0.2) is 47.6 Å². The third-order valence-corrected chi connectivity index (χ3v) is 3.00. The molecule has 0 aliphatic carbocycles. The SMILES string of the molecule is Cc1ccc(C(=O)NCC(=O)N(CCO)C(C)C)cc1. The Hall–Kier alpha value is -1.88. The van der Waals surface area contributed by atoms with Gasteiger partial charge in [-0.25, -0.2) is 0 Å². The largest absolute Gasteiger partial charge is 0.395 e. The van der Waals surface area contributed by atoms with Gasteiger partial charge in [0.2, 0.25) is 5.91 Å². The van der Waals surface area contributed by atoms with E-state index in [1.54, 1.807) is 12.1 Å². The monoisotopic (exact) mass is 278 g/mol. The van der Waals surface area contributed by atoms with Crippen molar-refractivity contribution < 1.29 is 14.7 Å². The summed E-state index contributed by atoms with van der Waals surface area (Å²) in [7, 11) is 0. The highest BCUT2D eigenvalue weighted by molar-refractivity contribution is 5.96. The number of hydrogen-bond acceptors (Lipinski definition) is 3. The lowest BCUT2D eigenvalue weighted by molar-refractivity contribution is -0.132. The van der Waals surface area contributed by atoms with Crippen molar-refractivity contribution in [2.75, 3.05) is 19.7 Å². The zero-order valence-corrected chi connectivity index (χ0v) is 12.2. The number of hydrogen-bond donors (Lipinski definition) is 2. The molecule has 0 radical (unpaired) electrons. The summed E-state index contributed by atoms with van der Waals surface area (Å²) in [6, 6.07) is 7.14. The second-order valence-corrected chi connectivity index (χ2v) is 4.95. The van der Waals surface area contributed by atoms with Crippen molar-refractivity contribution in [2.45, 2.75) is 26.8 Å². The normalized spacial score (nSPS) is 10.4. The Morgan fingerprint density at radius 1 is 1.25 bits per heavy atom. The molecule has 0 heterocycles. The molecule has 0 unspecified atom stereocenters. The van der Waals surface area contributed by atoms with Crippen molar-refractivity contribution in [1.82, 2.24) is 10.2 Å². The average Bonchev–Trinajstić information content (AvgIpc) is 2.42. The van der Waals surface area contributed by atoms with E-state index in [-0.39, 0.29) is 37.6 Å². The van der Waals surface area contributed by atoms with Gasteiger partial charge in [0.05, 0.1) is 13.2 Å². The maximum absolute atomic E-state index is 12.0. The molecule has 5 heteroatoms. The molecular weight excluding hydrogens is 256 g/mol. The minimum atomic E-state index is -0.272. The van der Waals surface area contributed by atoms with Gasteiger partial charge in [-0.05, 0) is 32.9 Å². The van der Waals surface area contributed by atoms with Gasteiger partial charge in [-0.15, -0.1) is 0 Å². The van der Waals surface area contributed by atoms with Crippen LogP contribution in [0.4, 0.5) is 0 Å². The van der Waals surface area contributed by atoms with E-state index in [0.717, 1.165) is 5.56 Å². The number of amides is 2. The Kier molecular flexibility index (Phi) is 6.18. The highest BCUT2D eigenvalue weighted by Gasteiger charge is 2.17. The van der Waals surface area contributed by atoms with Gasteiger partial charge in [-0.3, -0.25) is 9.59 Å². The lowest BCUT2D eigenvalue weighted by Gasteiger charge is -2.26. The topological polar surface area (TPSA) is 69.6 Å². The van der Waals surface area contributed by atoms with Gasteiger partial charge in [0.1, 0.15) is 0 Å². The Balaban J connectivity index is 2.55. The summed E-state index contributed by atoms with van der Waals surface area (Å²) in [5.41, 5.74) is 1.60. The van der Waals surface area contributed by atoms with Gasteiger partial charge < -0.3 is 15.3 Å². The van der Waals surface area contributed by atoms with Crippen LogP contribution in [0.1, 0.15) is 29.8 Å². The molecule has 2 amide bonds. The summed E-state index contributed by atoms with van der Waals surface area (Å²) in [5, 5.41) is 11.5. The van der Waals surface area contributed by atoms with Gasteiger partial charge in [-0.1, -0.05) is 17.7 Å². The van der Waals surface area contributed by atoms with Crippen LogP contribution in [0, 0.1) is 6.92 Å². The third-order valence-electron chi connectivity index (χ3n) is 3.00. The summed E-state index contributed by atoms with van der Waals surface area (Å²) in [6.45, 7) is 5.81. The summed E-state index contributed by atoms with van der Waals surface area (Å²) in [4.78, 5) is 25.4. The molecule has 0 fully saturated rings. The van der Waals surface area contributed by atoms with E-state index in [4.69, 9.17) is 5.11 Å². The summed E-state index contributed by atoms with van der Waals surface area (Å²) < 4.78 is 0. The standard InChI is InChI=1S/C15H22N2O3/c1-11(2)17(8-9-18)14(19)10-16-15(20)13-6-4-12(3)5-7-13/h4-7,11,18H,8-10H2,1-3H3,(H,16,20). The first-order chi connectivity index (χ1) is 9.45. The second kappa shape index (κ2) is 7.65. The zero-order valence-electron chi connectivity index (χ0n) is 12.2. The predicted molar refractivity (Wildman–Crippen MR) is 77.4 cm³/mol. The van der Waals surface area contributed by atoms with E-state index in [0.29, 0.717) is 5.56 Å². The number of aliphatic hydroxyl groups excluding tert-OH is 1. The van der Waals surface area contributed by atoms with Crippen LogP contribution >= 0.6 is 0 Å². The van der Waals surface area contributed by atoms with Crippen LogP contribution in [0.5, 0.6) is 0 Å². The first-order valence-corrected chi connectivity index (χ1v) is 6.71. The fourth-order valence-electron chi connectivity index (χ4n) is 1.84. The van der Waals surface area contributed by atoms with Crippen LogP contribution in [0.2, 0.25) is 0 Å². The van der Waals surface area contributed by atoms with E-state index in [1.807, 2.05) is 32.9 Å². The molecule has 0 bridgehead atoms. The van der Waals surface area contributed by atoms with Crippen LogP contribution < -0.4 is 5.32 Å². The summed E-state index contributed by atoms with van der Waals surface area (Å²) >= 11 is 0. The summed E-state index contributed by atoms with van der Waals surface area (Å²) in [5.74, 6) is -0.472. The first-order valence-electron chi connectivity index (χ1n) is 6.71. The molecule has 1 aromatic rings. The lowest BCUT2D eigenvalue weighted by Crippen LogP contribution is -2.44. The fraction of sp³-hybridized carbons (Fsp3) is 0.467. The van der Waals surface area contributed by atoms with Gasteiger partial charge in [0.15, 0.2) is 0 Å². The smallest absolute Gasteiger partial charge is 0.251 e. The number of aliphatic hydroxyl groups is 1. The molecule has 1 aromatic carbocycles. The van der Waals surface area contributed by atoms with Crippen molar-refractivity contribution in [2.24, 2.45) is 0 Å². The molecule has 20 heavy (non-hydrogen) atoms. The lowest BCUT2D eigenvalue weighted by atomic mass is 10.1. The Bertz CT molecular complexity index is 455. The maximum atomic E-state index is 12.0. The number of rotatable bonds is 6. The number of carbonyl (C=O) groups is 2. The quantitative estimate of drug-likeness (QED) is 0.814. The molecule has 0 spiro atoms. The van der Waals surface area contributed by atoms with Crippen LogP contribution in [0.3, 0.4) is 0 Å². The molecule has 110 valence electrons. The van der Waals surface area contributed by atoms with Crippen LogP contribution in [0.25, 0.3) is 0 Å². The third kappa shape index (κ3) is 4.66. The van der Waals surface area contributed by atoms with E-state index >= 15 is 0 Å². The molecule has 0 aliphatic heterocycles. The van der Waals surface area contributed by atoms with Crippen molar-refractivity contribution in [1.29, 1.82) is 0 Å². The summed E-state index contributed by atoms with van der Waals surface area (Å²) in [6.07, 6.45) is 0. The molecule has 0 aromatic heterocycles. The van der Waals surface area contributed by atoms with Crippen LogP contribution in [-0.2, 0) is 4.79 Å². The maximum Gasteiger partial charge on any atom is 0.251 e. The highest BCUT2D eigenvalue weighted by Crippen LogP contribution is 2.03. The van der Waals surface area contributed by atoms with Crippen molar-refractivity contribution in [3.05, 3.63) is 35.4 Å². The molecule has 0 saturated carbocycles. The second-order valence-electron chi connectivity index (χ2n) is 4.95. The number of benzene rings is 1. The Morgan fingerprint density at radius 3 is 2.35 bits per heavy atom. The molecule has 0 saturated heterocycles. The van der Waals surface area contributed by atoms with Crippen molar-refractivity contribution in [3.8, 4) is 0 Å². The average molecular weight is 278 g/mol. The van der Waals surface area contributed by atoms with E-state index < -0.39 is 0 Å². The van der Waals surface area contributed by atoms with E-state index in [9.17, 15) is 9.59 Å². The van der Waals surface area contributed by atoms with Gasteiger partial charge in [-0.2, -0.15) is 0 Å². The minimum absolute atomic E-state index is 0.00840. The first kappa shape index (κ1) is 16.2. The van der Waals surface area contributed by atoms with Crippen molar-refractivity contribution >= 4 is 11.8 Å². The predicted octanol–water partition coefficient (Wildman–Crippen LogP) is 0.954. The Morgan fingerprint density at radius 2 is 1.85 bits per heavy atom. The van der Waals surface area contributed by atoms with Crippen molar-refractivity contribution in [3.63, 3.8) is 0 Å². The number of nitrogens with one attached hydrogen (secondary N) is 1. The molecular formula is C15H22N2O3. The van der Waals surface area contributed by atoms with Gasteiger partial charge in [0.25, 0.3) is 5.91 Å². The van der Waals surface area contributed by atoms with Crippen LogP contribution in [0.15, 0.2) is 24.3 Å². The molecule has 0 aliphatic rings. The molecule has 1 rings (SSSR count). The zero-order chi connectivity index (χ0) is 15.1. The van der Waals surface area contributed by atoms with E-state index in [2.05, 4.69) is 5.32 Å². The number of aryl methyl sites for hydroxylation is 1. The highest BCUT2D eigenvalue weighted by atomic mass is 16.3. The number of carbonyl (C=O) groups excluding carboxylic acids is 2. The molecule has 0 atom stereocenters. The Labute approximate surface area is 119 Å². The minimum Gasteiger partial charge on any atom is -0.395 e. The van der Waals surface area contributed by atoms with E-state index in [1.165, 1.54) is 4.90 Å². The van der Waals surface area contributed by atoms with Gasteiger partial charge >= 0.3 is 0 Å². The number of nitrogens with zero attached hydrogens (tertiary/aromatic N) is 1. The fourth-order valence-corrected chi connectivity index (χ4v) is 1.84. The molecule has 5 nitrogen and oxygen atoms in total. The molecule has 2 N–H and O–H groups in total.